The van der Waals surface area contributed by atoms with Crippen LogP contribution in [0.15, 0.2) is 11.3 Å². The first-order chi connectivity index (χ1) is 5.25. The number of nitriles is 1. The minimum atomic E-state index is -0.704. The molecule has 0 aromatic heterocycles. The summed E-state index contributed by atoms with van der Waals surface area (Å²) in [6.45, 7) is 0.577. The lowest BCUT2D eigenvalue weighted by Gasteiger charge is -1.98. The summed E-state index contributed by atoms with van der Waals surface area (Å²) in [5.41, 5.74) is 4.89. The van der Waals surface area contributed by atoms with Gasteiger partial charge in [-0.25, -0.2) is 0 Å². The van der Waals surface area contributed by atoms with Crippen LogP contribution in [-0.4, -0.2) is 12.5 Å². The standard InChI is InChI=1S/C7H8N2O2/c8-4-5(7(9)10)6-2-1-3-11-6/h1-3H2,(H2,9,10)/b6-5-. The summed E-state index contributed by atoms with van der Waals surface area (Å²) in [6.07, 6.45) is 1.50. The molecule has 58 valence electrons. The summed E-state index contributed by atoms with van der Waals surface area (Å²) in [5.74, 6) is -0.260. The number of ether oxygens (including phenoxy) is 1. The number of carbonyl (C=O) groups is 1. The van der Waals surface area contributed by atoms with Gasteiger partial charge in [-0.3, -0.25) is 4.79 Å². The fourth-order valence-electron chi connectivity index (χ4n) is 0.952. The van der Waals surface area contributed by atoms with Gasteiger partial charge >= 0.3 is 0 Å². The number of rotatable bonds is 1. The zero-order valence-corrected chi connectivity index (χ0v) is 5.96. The highest BCUT2D eigenvalue weighted by Gasteiger charge is 2.17. The van der Waals surface area contributed by atoms with Crippen molar-refractivity contribution in [3.63, 3.8) is 0 Å². The number of allylic oxidation sites excluding steroid dienone is 1. The molecule has 1 rings (SSSR count). The van der Waals surface area contributed by atoms with Crippen molar-refractivity contribution in [2.24, 2.45) is 5.73 Å². The second-order valence-corrected chi connectivity index (χ2v) is 2.23. The van der Waals surface area contributed by atoms with Gasteiger partial charge in [0.1, 0.15) is 11.8 Å². The largest absolute Gasteiger partial charge is 0.496 e. The summed E-state index contributed by atoms with van der Waals surface area (Å²) in [4.78, 5) is 10.6. The van der Waals surface area contributed by atoms with Gasteiger partial charge in [0.2, 0.25) is 0 Å². The van der Waals surface area contributed by atoms with Crippen molar-refractivity contribution in [2.45, 2.75) is 12.8 Å². The molecule has 4 nitrogen and oxygen atoms in total. The van der Waals surface area contributed by atoms with E-state index in [1.807, 2.05) is 0 Å². The molecule has 0 aromatic rings. The van der Waals surface area contributed by atoms with Crippen LogP contribution in [0.2, 0.25) is 0 Å². The van der Waals surface area contributed by atoms with Crippen molar-refractivity contribution >= 4 is 5.91 Å². The number of hydrogen-bond acceptors (Lipinski definition) is 3. The predicted molar refractivity (Wildman–Crippen MR) is 37.0 cm³/mol. The Morgan fingerprint density at radius 3 is 2.82 bits per heavy atom. The highest BCUT2D eigenvalue weighted by molar-refractivity contribution is 5.96. The van der Waals surface area contributed by atoms with Gasteiger partial charge in [0, 0.05) is 6.42 Å². The average molecular weight is 152 g/mol. The normalized spacial score (nSPS) is 20.3. The van der Waals surface area contributed by atoms with Crippen LogP contribution in [-0.2, 0) is 9.53 Å². The van der Waals surface area contributed by atoms with Gasteiger partial charge in [0.25, 0.3) is 5.91 Å². The predicted octanol–water partition coefficient (Wildman–Crippen LogP) is 0.0598. The zero-order chi connectivity index (χ0) is 8.27. The van der Waals surface area contributed by atoms with E-state index in [0.717, 1.165) is 6.42 Å². The number of primary amides is 1. The number of carbonyl (C=O) groups excluding carboxylic acids is 1. The van der Waals surface area contributed by atoms with E-state index in [0.29, 0.717) is 18.8 Å². The Morgan fingerprint density at radius 2 is 2.45 bits per heavy atom. The van der Waals surface area contributed by atoms with Gasteiger partial charge in [-0.15, -0.1) is 0 Å². The molecule has 1 fully saturated rings. The summed E-state index contributed by atoms with van der Waals surface area (Å²) < 4.78 is 5.02. The molecule has 0 atom stereocenters. The molecule has 2 N–H and O–H groups in total. The smallest absolute Gasteiger partial charge is 0.262 e. The van der Waals surface area contributed by atoms with E-state index in [4.69, 9.17) is 15.7 Å². The molecule has 0 saturated carbocycles. The molecule has 4 heteroatoms. The van der Waals surface area contributed by atoms with Gasteiger partial charge in [-0.2, -0.15) is 5.26 Å². The molecule has 1 saturated heterocycles. The monoisotopic (exact) mass is 152 g/mol. The van der Waals surface area contributed by atoms with E-state index in [-0.39, 0.29) is 5.57 Å². The van der Waals surface area contributed by atoms with Crippen LogP contribution >= 0.6 is 0 Å². The van der Waals surface area contributed by atoms with Gasteiger partial charge in [-0.1, -0.05) is 0 Å². The van der Waals surface area contributed by atoms with E-state index in [1.165, 1.54) is 0 Å². The Balaban J connectivity index is 2.90. The molecule has 1 heterocycles. The van der Waals surface area contributed by atoms with E-state index < -0.39 is 5.91 Å². The summed E-state index contributed by atoms with van der Waals surface area (Å²) in [6, 6.07) is 1.72. The van der Waals surface area contributed by atoms with Crippen LogP contribution in [0.3, 0.4) is 0 Å². The second-order valence-electron chi connectivity index (χ2n) is 2.23. The van der Waals surface area contributed by atoms with Crippen LogP contribution in [0.4, 0.5) is 0 Å². The summed E-state index contributed by atoms with van der Waals surface area (Å²) in [5, 5.41) is 8.47. The summed E-state index contributed by atoms with van der Waals surface area (Å²) >= 11 is 0. The van der Waals surface area contributed by atoms with E-state index in [9.17, 15) is 4.79 Å². The minimum absolute atomic E-state index is 0.0394. The molecule has 0 aliphatic carbocycles. The fourth-order valence-corrected chi connectivity index (χ4v) is 0.952. The van der Waals surface area contributed by atoms with E-state index in [1.54, 1.807) is 6.07 Å². The van der Waals surface area contributed by atoms with Gasteiger partial charge < -0.3 is 10.5 Å². The van der Waals surface area contributed by atoms with Crippen molar-refractivity contribution in [1.29, 1.82) is 5.26 Å². The molecule has 0 radical (unpaired) electrons. The summed E-state index contributed by atoms with van der Waals surface area (Å²) in [7, 11) is 0. The van der Waals surface area contributed by atoms with Crippen molar-refractivity contribution in [3.8, 4) is 6.07 Å². The first kappa shape index (κ1) is 7.61. The fraction of sp³-hybridized carbons (Fsp3) is 0.429. The number of nitrogens with zero attached hydrogens (tertiary/aromatic N) is 1. The topological polar surface area (TPSA) is 76.1 Å². The zero-order valence-electron chi connectivity index (χ0n) is 5.96. The molecule has 0 unspecified atom stereocenters. The van der Waals surface area contributed by atoms with Gasteiger partial charge in [-0.05, 0) is 6.42 Å². The third-order valence-electron chi connectivity index (χ3n) is 1.46. The van der Waals surface area contributed by atoms with Crippen molar-refractivity contribution < 1.29 is 9.53 Å². The SMILES string of the molecule is N#C/C(C(N)=O)=C1\CCCO1. The van der Waals surface area contributed by atoms with Crippen molar-refractivity contribution in [2.75, 3.05) is 6.61 Å². The maximum absolute atomic E-state index is 10.6. The molecule has 0 aromatic carbocycles. The highest BCUT2D eigenvalue weighted by atomic mass is 16.5. The molecular formula is C7H8N2O2. The first-order valence-corrected chi connectivity index (χ1v) is 3.31. The van der Waals surface area contributed by atoms with Crippen molar-refractivity contribution in [3.05, 3.63) is 11.3 Å². The molecule has 1 amide bonds. The molecule has 1 aliphatic heterocycles. The Bertz CT molecular complexity index is 242. The Hall–Kier alpha value is -1.50. The Morgan fingerprint density at radius 1 is 1.73 bits per heavy atom. The molecule has 1 aliphatic rings. The third kappa shape index (κ3) is 1.49. The van der Waals surface area contributed by atoms with Crippen LogP contribution < -0.4 is 5.73 Å². The molecule has 11 heavy (non-hydrogen) atoms. The first-order valence-electron chi connectivity index (χ1n) is 3.31. The number of amides is 1. The van der Waals surface area contributed by atoms with E-state index >= 15 is 0 Å². The quantitative estimate of drug-likeness (QED) is 0.426. The molecular weight excluding hydrogens is 144 g/mol. The van der Waals surface area contributed by atoms with E-state index in [2.05, 4.69) is 0 Å². The molecule has 0 spiro atoms. The number of nitrogens with two attached hydrogens (primary N) is 1. The van der Waals surface area contributed by atoms with Crippen LogP contribution in [0.1, 0.15) is 12.8 Å². The van der Waals surface area contributed by atoms with Crippen LogP contribution in [0.25, 0.3) is 0 Å². The lowest BCUT2D eigenvalue weighted by atomic mass is 10.2. The third-order valence-corrected chi connectivity index (χ3v) is 1.46. The highest BCUT2D eigenvalue weighted by Crippen LogP contribution is 2.19. The maximum Gasteiger partial charge on any atom is 0.262 e. The second kappa shape index (κ2) is 3.06. The molecule has 0 bridgehead atoms. The average Bonchev–Trinajstić information content (AvgIpc) is 2.40. The Labute approximate surface area is 64.2 Å². The lowest BCUT2D eigenvalue weighted by Crippen LogP contribution is -2.14. The Kier molecular flexibility index (Phi) is 2.12. The van der Waals surface area contributed by atoms with Crippen molar-refractivity contribution in [1.82, 2.24) is 0 Å². The maximum atomic E-state index is 10.6. The lowest BCUT2D eigenvalue weighted by molar-refractivity contribution is -0.114. The number of hydrogen-bond donors (Lipinski definition) is 1. The minimum Gasteiger partial charge on any atom is -0.496 e. The van der Waals surface area contributed by atoms with Gasteiger partial charge in [0.15, 0.2) is 5.57 Å². The van der Waals surface area contributed by atoms with Crippen LogP contribution in [0, 0.1) is 11.3 Å². The van der Waals surface area contributed by atoms with Gasteiger partial charge in [0.05, 0.1) is 6.61 Å². The van der Waals surface area contributed by atoms with Crippen LogP contribution in [0.5, 0.6) is 0 Å².